The van der Waals surface area contributed by atoms with Gasteiger partial charge in [0.1, 0.15) is 5.82 Å². The van der Waals surface area contributed by atoms with Gasteiger partial charge in [-0.15, -0.1) is 0 Å². The molecule has 1 aromatic carbocycles. The van der Waals surface area contributed by atoms with Gasteiger partial charge >= 0.3 is 0 Å². The van der Waals surface area contributed by atoms with Crippen LogP contribution in [0.4, 0.5) is 10.1 Å². The van der Waals surface area contributed by atoms with Crippen molar-refractivity contribution in [3.63, 3.8) is 0 Å². The summed E-state index contributed by atoms with van der Waals surface area (Å²) in [7, 11) is 1.84. The monoisotopic (exact) mass is 187 g/mol. The van der Waals surface area contributed by atoms with Crippen LogP contribution in [0.1, 0.15) is 6.92 Å². The molecule has 0 aromatic heterocycles. The summed E-state index contributed by atoms with van der Waals surface area (Å²) in [6, 6.07) is 4.69. The SMILES string of the molecule is CCN(C)c1ccc(Cl)cc1F. The van der Waals surface area contributed by atoms with Gasteiger partial charge in [-0.1, -0.05) is 11.6 Å². The van der Waals surface area contributed by atoms with Crippen molar-refractivity contribution in [2.75, 3.05) is 18.5 Å². The van der Waals surface area contributed by atoms with Crippen LogP contribution in [0.2, 0.25) is 5.02 Å². The Labute approximate surface area is 76.8 Å². The maximum atomic E-state index is 13.2. The maximum absolute atomic E-state index is 13.2. The first-order chi connectivity index (χ1) is 5.65. The summed E-state index contributed by atoms with van der Waals surface area (Å²) in [5.74, 6) is -0.271. The van der Waals surface area contributed by atoms with E-state index in [1.54, 1.807) is 12.1 Å². The van der Waals surface area contributed by atoms with Crippen molar-refractivity contribution in [1.29, 1.82) is 0 Å². The highest BCUT2D eigenvalue weighted by Crippen LogP contribution is 2.21. The average Bonchev–Trinajstić information content (AvgIpc) is 2.03. The number of hydrogen-bond acceptors (Lipinski definition) is 1. The number of rotatable bonds is 2. The van der Waals surface area contributed by atoms with Crippen molar-refractivity contribution in [2.24, 2.45) is 0 Å². The molecule has 0 aliphatic rings. The second-order valence-corrected chi connectivity index (χ2v) is 3.05. The zero-order chi connectivity index (χ0) is 9.14. The Morgan fingerprint density at radius 3 is 2.67 bits per heavy atom. The molecule has 66 valence electrons. The number of nitrogens with zero attached hydrogens (tertiary/aromatic N) is 1. The van der Waals surface area contributed by atoms with Gasteiger partial charge in [0.2, 0.25) is 0 Å². The van der Waals surface area contributed by atoms with E-state index in [1.165, 1.54) is 6.07 Å². The Bertz CT molecular complexity index is 275. The number of halogens is 2. The zero-order valence-electron chi connectivity index (χ0n) is 7.14. The predicted molar refractivity (Wildman–Crippen MR) is 50.4 cm³/mol. The van der Waals surface area contributed by atoms with Gasteiger partial charge in [0.15, 0.2) is 0 Å². The van der Waals surface area contributed by atoms with Crippen LogP contribution in [0, 0.1) is 5.82 Å². The van der Waals surface area contributed by atoms with Crippen LogP contribution >= 0.6 is 11.6 Å². The molecule has 1 aromatic rings. The van der Waals surface area contributed by atoms with E-state index in [4.69, 9.17) is 11.6 Å². The molecule has 0 aliphatic carbocycles. The molecule has 0 unspecified atom stereocenters. The summed E-state index contributed by atoms with van der Waals surface area (Å²) in [4.78, 5) is 1.83. The van der Waals surface area contributed by atoms with Gasteiger partial charge in [-0.3, -0.25) is 0 Å². The van der Waals surface area contributed by atoms with E-state index in [1.807, 2.05) is 18.9 Å². The maximum Gasteiger partial charge on any atom is 0.147 e. The summed E-state index contributed by atoms with van der Waals surface area (Å²) in [5, 5.41) is 0.431. The standard InChI is InChI=1S/C9H11ClFN/c1-3-12(2)9-5-4-7(10)6-8(9)11/h4-6H,3H2,1-2H3. The van der Waals surface area contributed by atoms with E-state index in [9.17, 15) is 4.39 Å². The van der Waals surface area contributed by atoms with Gasteiger partial charge in [0.05, 0.1) is 5.69 Å². The minimum Gasteiger partial charge on any atom is -0.373 e. The summed E-state index contributed by atoms with van der Waals surface area (Å²) < 4.78 is 13.2. The first kappa shape index (κ1) is 9.33. The third kappa shape index (κ3) is 1.89. The molecule has 0 heterocycles. The van der Waals surface area contributed by atoms with Crippen LogP contribution in [0.25, 0.3) is 0 Å². The van der Waals surface area contributed by atoms with Crippen LogP contribution in [0.3, 0.4) is 0 Å². The Morgan fingerprint density at radius 2 is 2.17 bits per heavy atom. The fourth-order valence-electron chi connectivity index (χ4n) is 0.961. The highest BCUT2D eigenvalue weighted by molar-refractivity contribution is 6.30. The number of anilines is 1. The molecule has 0 bridgehead atoms. The lowest BCUT2D eigenvalue weighted by atomic mass is 10.3. The summed E-state index contributed by atoms with van der Waals surface area (Å²) in [5.41, 5.74) is 0.585. The molecule has 0 saturated carbocycles. The molecule has 0 saturated heterocycles. The molecule has 0 atom stereocenters. The molecular weight excluding hydrogens is 177 g/mol. The molecule has 12 heavy (non-hydrogen) atoms. The van der Waals surface area contributed by atoms with Gasteiger partial charge in [-0.2, -0.15) is 0 Å². The molecule has 0 radical (unpaired) electrons. The van der Waals surface area contributed by atoms with Crippen molar-refractivity contribution in [3.8, 4) is 0 Å². The summed E-state index contributed by atoms with van der Waals surface area (Å²) >= 11 is 5.61. The van der Waals surface area contributed by atoms with Crippen molar-refractivity contribution < 1.29 is 4.39 Å². The van der Waals surface area contributed by atoms with E-state index in [-0.39, 0.29) is 5.82 Å². The predicted octanol–water partition coefficient (Wildman–Crippen LogP) is 2.94. The van der Waals surface area contributed by atoms with Crippen LogP contribution in [0.5, 0.6) is 0 Å². The van der Waals surface area contributed by atoms with Crippen LogP contribution in [-0.2, 0) is 0 Å². The Balaban J connectivity index is 3.01. The van der Waals surface area contributed by atoms with Crippen molar-refractivity contribution in [2.45, 2.75) is 6.92 Å². The molecular formula is C9H11ClFN. The Morgan fingerprint density at radius 1 is 1.50 bits per heavy atom. The smallest absolute Gasteiger partial charge is 0.147 e. The van der Waals surface area contributed by atoms with E-state index >= 15 is 0 Å². The number of benzene rings is 1. The molecule has 1 rings (SSSR count). The van der Waals surface area contributed by atoms with E-state index in [0.717, 1.165) is 6.54 Å². The van der Waals surface area contributed by atoms with Crippen LogP contribution in [0.15, 0.2) is 18.2 Å². The van der Waals surface area contributed by atoms with Crippen molar-refractivity contribution in [3.05, 3.63) is 29.0 Å². The van der Waals surface area contributed by atoms with Gasteiger partial charge < -0.3 is 4.90 Å². The fraction of sp³-hybridized carbons (Fsp3) is 0.333. The van der Waals surface area contributed by atoms with Crippen molar-refractivity contribution in [1.82, 2.24) is 0 Å². The Kier molecular flexibility index (Phi) is 2.93. The zero-order valence-corrected chi connectivity index (χ0v) is 7.90. The largest absolute Gasteiger partial charge is 0.373 e. The minimum atomic E-state index is -0.271. The average molecular weight is 188 g/mol. The number of hydrogen-bond donors (Lipinski definition) is 0. The first-order valence-electron chi connectivity index (χ1n) is 3.81. The quantitative estimate of drug-likeness (QED) is 0.688. The summed E-state index contributed by atoms with van der Waals surface area (Å²) in [6.07, 6.45) is 0. The molecule has 0 spiro atoms. The van der Waals surface area contributed by atoms with Gasteiger partial charge in [-0.05, 0) is 25.1 Å². The fourth-order valence-corrected chi connectivity index (χ4v) is 1.12. The van der Waals surface area contributed by atoms with Crippen molar-refractivity contribution >= 4 is 17.3 Å². The second-order valence-electron chi connectivity index (χ2n) is 2.61. The van der Waals surface area contributed by atoms with E-state index in [0.29, 0.717) is 10.7 Å². The molecule has 1 nitrogen and oxygen atoms in total. The van der Waals surface area contributed by atoms with Gasteiger partial charge in [0.25, 0.3) is 0 Å². The molecule has 0 amide bonds. The van der Waals surface area contributed by atoms with Gasteiger partial charge in [0, 0.05) is 18.6 Å². The third-order valence-electron chi connectivity index (χ3n) is 1.80. The molecule has 0 aliphatic heterocycles. The van der Waals surface area contributed by atoms with Crippen LogP contribution in [-0.4, -0.2) is 13.6 Å². The highest BCUT2D eigenvalue weighted by atomic mass is 35.5. The molecule has 0 N–H and O–H groups in total. The summed E-state index contributed by atoms with van der Waals surface area (Å²) in [6.45, 7) is 2.74. The lowest BCUT2D eigenvalue weighted by Gasteiger charge is -2.17. The minimum absolute atomic E-state index is 0.271. The molecule has 0 fully saturated rings. The lowest BCUT2D eigenvalue weighted by Crippen LogP contribution is -2.16. The lowest BCUT2D eigenvalue weighted by molar-refractivity contribution is 0.624. The van der Waals surface area contributed by atoms with Crippen LogP contribution < -0.4 is 4.90 Å². The van der Waals surface area contributed by atoms with Gasteiger partial charge in [-0.25, -0.2) is 4.39 Å². The van der Waals surface area contributed by atoms with E-state index in [2.05, 4.69) is 0 Å². The topological polar surface area (TPSA) is 3.24 Å². The second kappa shape index (κ2) is 3.76. The first-order valence-corrected chi connectivity index (χ1v) is 4.19. The Hall–Kier alpha value is -0.760. The highest BCUT2D eigenvalue weighted by Gasteiger charge is 2.05. The van der Waals surface area contributed by atoms with E-state index < -0.39 is 0 Å². The molecule has 3 heteroatoms. The third-order valence-corrected chi connectivity index (χ3v) is 2.03. The normalized spacial score (nSPS) is 10.0.